The maximum Gasteiger partial charge on any atom is 0.0247 e. The molecule has 2 unspecified atom stereocenters. The summed E-state index contributed by atoms with van der Waals surface area (Å²) in [5.74, 6) is 0.704. The maximum absolute atomic E-state index is 3.69. The highest BCUT2D eigenvalue weighted by molar-refractivity contribution is 5.22. The summed E-state index contributed by atoms with van der Waals surface area (Å²) in [5, 5.41) is 3.69. The van der Waals surface area contributed by atoms with E-state index in [1.54, 1.807) is 0 Å². The Morgan fingerprint density at radius 3 is 2.35 bits per heavy atom. The first-order valence-corrected chi connectivity index (χ1v) is 8.19. The molecule has 112 valence electrons. The molecule has 1 heterocycles. The molecule has 0 saturated carbocycles. The number of rotatable bonds is 5. The van der Waals surface area contributed by atoms with Gasteiger partial charge in [0.05, 0.1) is 0 Å². The zero-order chi connectivity index (χ0) is 14.5. The van der Waals surface area contributed by atoms with E-state index in [1.807, 2.05) is 0 Å². The third-order valence-electron chi connectivity index (χ3n) is 4.62. The van der Waals surface area contributed by atoms with Gasteiger partial charge in [0.1, 0.15) is 0 Å². The summed E-state index contributed by atoms with van der Waals surface area (Å²) in [6.45, 7) is 12.6. The average molecular weight is 274 g/mol. The number of hydrogen-bond acceptors (Lipinski definition) is 2. The number of aryl methyl sites for hydroxylation is 1. The van der Waals surface area contributed by atoms with Gasteiger partial charge in [-0.3, -0.25) is 4.90 Å². The van der Waals surface area contributed by atoms with E-state index < -0.39 is 0 Å². The van der Waals surface area contributed by atoms with Gasteiger partial charge in [0, 0.05) is 31.7 Å². The highest BCUT2D eigenvalue weighted by Gasteiger charge is 2.28. The van der Waals surface area contributed by atoms with Crippen molar-refractivity contribution in [2.24, 2.45) is 5.92 Å². The maximum atomic E-state index is 3.69. The van der Waals surface area contributed by atoms with Gasteiger partial charge in [-0.1, -0.05) is 52.0 Å². The Morgan fingerprint density at radius 1 is 1.15 bits per heavy atom. The Kier molecular flexibility index (Phi) is 5.62. The van der Waals surface area contributed by atoms with Crippen molar-refractivity contribution < 1.29 is 0 Å². The first-order valence-electron chi connectivity index (χ1n) is 8.19. The topological polar surface area (TPSA) is 15.3 Å². The van der Waals surface area contributed by atoms with Gasteiger partial charge in [-0.05, 0) is 29.9 Å². The average Bonchev–Trinajstić information content (AvgIpc) is 2.47. The first-order chi connectivity index (χ1) is 9.63. The SMILES string of the molecule is CCc1ccc(CN2CC(CC)NCC2C(C)C)cc1. The summed E-state index contributed by atoms with van der Waals surface area (Å²) in [5.41, 5.74) is 2.88. The molecule has 0 aliphatic carbocycles. The van der Waals surface area contributed by atoms with Gasteiger partial charge in [0.25, 0.3) is 0 Å². The predicted octanol–water partition coefficient (Wildman–Crippen LogP) is 3.46. The van der Waals surface area contributed by atoms with Crippen LogP contribution in [0.5, 0.6) is 0 Å². The van der Waals surface area contributed by atoms with Crippen molar-refractivity contribution >= 4 is 0 Å². The van der Waals surface area contributed by atoms with E-state index in [0.717, 1.165) is 19.5 Å². The van der Waals surface area contributed by atoms with Crippen LogP contribution >= 0.6 is 0 Å². The van der Waals surface area contributed by atoms with E-state index in [1.165, 1.54) is 24.1 Å². The smallest absolute Gasteiger partial charge is 0.0247 e. The van der Waals surface area contributed by atoms with Crippen LogP contribution in [-0.2, 0) is 13.0 Å². The van der Waals surface area contributed by atoms with Gasteiger partial charge >= 0.3 is 0 Å². The quantitative estimate of drug-likeness (QED) is 0.884. The Labute approximate surface area is 124 Å². The lowest BCUT2D eigenvalue weighted by atomic mass is 9.96. The van der Waals surface area contributed by atoms with E-state index in [-0.39, 0.29) is 0 Å². The minimum Gasteiger partial charge on any atom is -0.311 e. The molecule has 1 aliphatic heterocycles. The standard InChI is InChI=1S/C18H30N2/c1-5-15-7-9-16(10-8-15)12-20-13-17(6-2)19-11-18(20)14(3)4/h7-10,14,17-19H,5-6,11-13H2,1-4H3. The van der Waals surface area contributed by atoms with Crippen LogP contribution < -0.4 is 5.32 Å². The second-order valence-corrected chi connectivity index (χ2v) is 6.42. The fourth-order valence-corrected chi connectivity index (χ4v) is 3.13. The van der Waals surface area contributed by atoms with E-state index in [2.05, 4.69) is 62.2 Å². The molecule has 1 saturated heterocycles. The molecule has 1 aromatic carbocycles. The fraction of sp³-hybridized carbons (Fsp3) is 0.667. The molecule has 0 bridgehead atoms. The minimum absolute atomic E-state index is 0.653. The van der Waals surface area contributed by atoms with Crippen molar-refractivity contribution in [2.75, 3.05) is 13.1 Å². The van der Waals surface area contributed by atoms with Gasteiger partial charge in [0.15, 0.2) is 0 Å². The molecule has 1 aromatic rings. The van der Waals surface area contributed by atoms with E-state index in [0.29, 0.717) is 18.0 Å². The monoisotopic (exact) mass is 274 g/mol. The summed E-state index contributed by atoms with van der Waals surface area (Å²) >= 11 is 0. The van der Waals surface area contributed by atoms with Crippen molar-refractivity contribution in [3.05, 3.63) is 35.4 Å². The van der Waals surface area contributed by atoms with Gasteiger partial charge in [0.2, 0.25) is 0 Å². The van der Waals surface area contributed by atoms with Crippen LogP contribution in [0.2, 0.25) is 0 Å². The summed E-state index contributed by atoms with van der Waals surface area (Å²) in [6, 6.07) is 10.5. The van der Waals surface area contributed by atoms with Crippen molar-refractivity contribution in [1.82, 2.24) is 10.2 Å². The molecule has 2 nitrogen and oxygen atoms in total. The van der Waals surface area contributed by atoms with E-state index >= 15 is 0 Å². The molecule has 0 amide bonds. The Bertz CT molecular complexity index is 396. The molecule has 0 radical (unpaired) electrons. The second kappa shape index (κ2) is 7.24. The van der Waals surface area contributed by atoms with Crippen molar-refractivity contribution in [2.45, 2.75) is 59.2 Å². The highest BCUT2D eigenvalue weighted by Crippen LogP contribution is 2.19. The Balaban J connectivity index is 2.05. The molecule has 2 heteroatoms. The molecule has 1 aliphatic rings. The number of piperazine rings is 1. The van der Waals surface area contributed by atoms with Crippen LogP contribution in [0.15, 0.2) is 24.3 Å². The van der Waals surface area contributed by atoms with E-state index in [4.69, 9.17) is 0 Å². The van der Waals surface area contributed by atoms with Gasteiger partial charge < -0.3 is 5.32 Å². The first kappa shape index (κ1) is 15.5. The Morgan fingerprint density at radius 2 is 1.80 bits per heavy atom. The second-order valence-electron chi connectivity index (χ2n) is 6.42. The predicted molar refractivity (Wildman–Crippen MR) is 86.9 cm³/mol. The number of benzene rings is 1. The van der Waals surface area contributed by atoms with Crippen LogP contribution in [0.25, 0.3) is 0 Å². The fourth-order valence-electron chi connectivity index (χ4n) is 3.13. The highest BCUT2D eigenvalue weighted by atomic mass is 15.2. The number of nitrogens with zero attached hydrogens (tertiary/aromatic N) is 1. The zero-order valence-corrected chi connectivity index (χ0v) is 13.5. The summed E-state index contributed by atoms with van der Waals surface area (Å²) in [4.78, 5) is 2.68. The molecule has 2 rings (SSSR count). The summed E-state index contributed by atoms with van der Waals surface area (Å²) in [6.07, 6.45) is 2.34. The molecular formula is C18H30N2. The lowest BCUT2D eigenvalue weighted by molar-refractivity contribution is 0.0900. The van der Waals surface area contributed by atoms with Gasteiger partial charge in [-0.25, -0.2) is 0 Å². The van der Waals surface area contributed by atoms with Crippen LogP contribution in [0, 0.1) is 5.92 Å². The van der Waals surface area contributed by atoms with Crippen LogP contribution in [0.1, 0.15) is 45.2 Å². The summed E-state index contributed by atoms with van der Waals surface area (Å²) in [7, 11) is 0. The van der Waals surface area contributed by atoms with Gasteiger partial charge in [-0.15, -0.1) is 0 Å². The van der Waals surface area contributed by atoms with E-state index in [9.17, 15) is 0 Å². The number of nitrogens with one attached hydrogen (secondary N) is 1. The molecule has 1 fully saturated rings. The molecule has 20 heavy (non-hydrogen) atoms. The van der Waals surface area contributed by atoms with Crippen LogP contribution in [0.3, 0.4) is 0 Å². The lowest BCUT2D eigenvalue weighted by Crippen LogP contribution is -2.57. The molecular weight excluding hydrogens is 244 g/mol. The molecule has 1 N–H and O–H groups in total. The zero-order valence-electron chi connectivity index (χ0n) is 13.5. The summed E-state index contributed by atoms with van der Waals surface area (Å²) < 4.78 is 0. The normalized spacial score (nSPS) is 24.2. The molecule has 0 spiro atoms. The van der Waals surface area contributed by atoms with Crippen molar-refractivity contribution in [1.29, 1.82) is 0 Å². The number of hydrogen-bond donors (Lipinski definition) is 1. The van der Waals surface area contributed by atoms with Crippen molar-refractivity contribution in [3.8, 4) is 0 Å². The largest absolute Gasteiger partial charge is 0.311 e. The molecule has 0 aromatic heterocycles. The van der Waals surface area contributed by atoms with Crippen LogP contribution in [0.4, 0.5) is 0 Å². The van der Waals surface area contributed by atoms with Crippen LogP contribution in [-0.4, -0.2) is 30.1 Å². The third-order valence-corrected chi connectivity index (χ3v) is 4.62. The Hall–Kier alpha value is -0.860. The minimum atomic E-state index is 0.653. The van der Waals surface area contributed by atoms with Gasteiger partial charge in [-0.2, -0.15) is 0 Å². The lowest BCUT2D eigenvalue weighted by Gasteiger charge is -2.42. The van der Waals surface area contributed by atoms with Crippen molar-refractivity contribution in [3.63, 3.8) is 0 Å². The third kappa shape index (κ3) is 3.83. The molecule has 2 atom stereocenters.